The van der Waals surface area contributed by atoms with E-state index in [0.717, 1.165) is 6.07 Å². The zero-order valence-corrected chi connectivity index (χ0v) is 12.4. The first-order valence-electron chi connectivity index (χ1n) is 6.36. The van der Waals surface area contributed by atoms with E-state index >= 15 is 0 Å². The normalized spacial score (nSPS) is 24.0. The van der Waals surface area contributed by atoms with Crippen molar-refractivity contribution >= 4 is 10.0 Å². The standard InChI is InChI=1S/C13H19FN2O3S/c1-13(8-15)5-6-16(9-13)20(17,18)12-4-3-10(19-2)7-11(12)14/h3-4,7H,5-6,8-9,15H2,1-2H3. The van der Waals surface area contributed by atoms with Gasteiger partial charge in [-0.05, 0) is 30.5 Å². The summed E-state index contributed by atoms with van der Waals surface area (Å²) < 4.78 is 45.0. The summed E-state index contributed by atoms with van der Waals surface area (Å²) in [5.74, 6) is -0.514. The first-order valence-corrected chi connectivity index (χ1v) is 7.80. The molecule has 0 spiro atoms. The Hall–Kier alpha value is -1.18. The molecule has 2 N–H and O–H groups in total. The number of nitrogens with two attached hydrogens (primary N) is 1. The molecule has 1 aromatic rings. The van der Waals surface area contributed by atoms with Crippen LogP contribution in [0.5, 0.6) is 5.75 Å². The van der Waals surface area contributed by atoms with Crippen LogP contribution in [0.4, 0.5) is 4.39 Å². The van der Waals surface area contributed by atoms with Crippen LogP contribution >= 0.6 is 0 Å². The molecule has 0 bridgehead atoms. The number of benzene rings is 1. The molecule has 1 atom stereocenters. The fourth-order valence-corrected chi connectivity index (χ4v) is 3.94. The van der Waals surface area contributed by atoms with Gasteiger partial charge in [-0.25, -0.2) is 12.8 Å². The monoisotopic (exact) mass is 302 g/mol. The molecule has 0 aromatic heterocycles. The lowest BCUT2D eigenvalue weighted by Crippen LogP contribution is -2.34. The molecule has 2 rings (SSSR count). The number of methoxy groups -OCH3 is 1. The van der Waals surface area contributed by atoms with Gasteiger partial charge in [0.25, 0.3) is 0 Å². The lowest BCUT2D eigenvalue weighted by Gasteiger charge is -2.22. The molecule has 1 unspecified atom stereocenters. The van der Waals surface area contributed by atoms with Crippen LogP contribution in [0.3, 0.4) is 0 Å². The molecule has 0 radical (unpaired) electrons. The van der Waals surface area contributed by atoms with Gasteiger partial charge in [-0.2, -0.15) is 4.31 Å². The first kappa shape index (κ1) is 15.2. The summed E-state index contributed by atoms with van der Waals surface area (Å²) in [7, 11) is -2.43. The van der Waals surface area contributed by atoms with Crippen LogP contribution in [-0.2, 0) is 10.0 Å². The second-order valence-electron chi connectivity index (χ2n) is 5.40. The minimum absolute atomic E-state index is 0.240. The van der Waals surface area contributed by atoms with Crippen LogP contribution in [0.25, 0.3) is 0 Å². The Kier molecular flexibility index (Phi) is 4.04. The third kappa shape index (κ3) is 2.65. The van der Waals surface area contributed by atoms with E-state index in [1.54, 1.807) is 0 Å². The Morgan fingerprint density at radius 2 is 2.20 bits per heavy atom. The van der Waals surface area contributed by atoms with E-state index in [0.29, 0.717) is 26.1 Å². The van der Waals surface area contributed by atoms with Crippen LogP contribution in [-0.4, -0.2) is 39.5 Å². The molecule has 5 nitrogen and oxygen atoms in total. The number of hydrogen-bond acceptors (Lipinski definition) is 4. The van der Waals surface area contributed by atoms with E-state index in [-0.39, 0.29) is 16.1 Å². The van der Waals surface area contributed by atoms with E-state index in [2.05, 4.69) is 0 Å². The predicted molar refractivity (Wildman–Crippen MR) is 73.5 cm³/mol. The van der Waals surface area contributed by atoms with Gasteiger partial charge in [0.1, 0.15) is 16.5 Å². The molecular weight excluding hydrogens is 283 g/mol. The van der Waals surface area contributed by atoms with E-state index in [4.69, 9.17) is 10.5 Å². The fraction of sp³-hybridized carbons (Fsp3) is 0.538. The van der Waals surface area contributed by atoms with Crippen molar-refractivity contribution < 1.29 is 17.5 Å². The van der Waals surface area contributed by atoms with Crippen molar-refractivity contribution in [1.82, 2.24) is 4.31 Å². The minimum atomic E-state index is -3.83. The molecule has 1 saturated heterocycles. The van der Waals surface area contributed by atoms with Crippen LogP contribution in [0, 0.1) is 11.2 Å². The van der Waals surface area contributed by atoms with Crippen molar-refractivity contribution in [1.29, 1.82) is 0 Å². The van der Waals surface area contributed by atoms with E-state index in [1.165, 1.54) is 23.5 Å². The molecule has 1 fully saturated rings. The summed E-state index contributed by atoms with van der Waals surface area (Å²) in [5.41, 5.74) is 5.43. The Morgan fingerprint density at radius 1 is 1.50 bits per heavy atom. The third-order valence-corrected chi connectivity index (χ3v) is 5.65. The number of rotatable bonds is 4. The summed E-state index contributed by atoms with van der Waals surface area (Å²) in [5, 5.41) is 0. The number of ether oxygens (including phenoxy) is 1. The maximum atomic E-state index is 14.0. The summed E-state index contributed by atoms with van der Waals surface area (Å²) in [6, 6.07) is 3.75. The van der Waals surface area contributed by atoms with E-state index < -0.39 is 15.8 Å². The summed E-state index contributed by atoms with van der Waals surface area (Å²) in [6.07, 6.45) is 0.681. The topological polar surface area (TPSA) is 72.6 Å². The van der Waals surface area contributed by atoms with Crippen molar-refractivity contribution in [2.75, 3.05) is 26.7 Å². The molecule has 7 heteroatoms. The quantitative estimate of drug-likeness (QED) is 0.907. The van der Waals surface area contributed by atoms with Crippen LogP contribution < -0.4 is 10.5 Å². The fourth-order valence-electron chi connectivity index (χ4n) is 2.31. The van der Waals surface area contributed by atoms with Gasteiger partial charge in [0.15, 0.2) is 0 Å². The lowest BCUT2D eigenvalue weighted by atomic mass is 9.90. The highest BCUT2D eigenvalue weighted by Crippen LogP contribution is 2.33. The first-order chi connectivity index (χ1) is 9.32. The Labute approximate surface area is 118 Å². The van der Waals surface area contributed by atoms with Crippen molar-refractivity contribution in [2.24, 2.45) is 11.1 Å². The van der Waals surface area contributed by atoms with Crippen molar-refractivity contribution in [3.8, 4) is 5.75 Å². The minimum Gasteiger partial charge on any atom is -0.497 e. The highest BCUT2D eigenvalue weighted by Gasteiger charge is 2.39. The molecule has 0 aliphatic carbocycles. The molecule has 1 aromatic carbocycles. The van der Waals surface area contributed by atoms with Crippen molar-refractivity contribution in [3.63, 3.8) is 0 Å². The van der Waals surface area contributed by atoms with Gasteiger partial charge in [0, 0.05) is 19.2 Å². The smallest absolute Gasteiger partial charge is 0.246 e. The number of hydrogen-bond donors (Lipinski definition) is 1. The lowest BCUT2D eigenvalue weighted by molar-refractivity contribution is 0.349. The molecule has 1 heterocycles. The number of halogens is 1. The zero-order valence-electron chi connectivity index (χ0n) is 11.6. The maximum Gasteiger partial charge on any atom is 0.246 e. The highest BCUT2D eigenvalue weighted by molar-refractivity contribution is 7.89. The molecule has 1 aliphatic heterocycles. The maximum absolute atomic E-state index is 14.0. The van der Waals surface area contributed by atoms with E-state index in [1.807, 2.05) is 6.92 Å². The van der Waals surface area contributed by atoms with Gasteiger partial charge in [0.2, 0.25) is 10.0 Å². The van der Waals surface area contributed by atoms with Crippen LogP contribution in [0.15, 0.2) is 23.1 Å². The Morgan fingerprint density at radius 3 is 2.70 bits per heavy atom. The molecule has 0 saturated carbocycles. The Bertz CT molecular complexity index is 606. The average molecular weight is 302 g/mol. The SMILES string of the molecule is COc1ccc(S(=O)(=O)N2CCC(C)(CN)C2)c(F)c1. The molecule has 1 aliphatic rings. The van der Waals surface area contributed by atoms with Gasteiger partial charge in [-0.15, -0.1) is 0 Å². The Balaban J connectivity index is 2.32. The molecule has 0 amide bonds. The third-order valence-electron chi connectivity index (χ3n) is 3.77. The summed E-state index contributed by atoms with van der Waals surface area (Å²) in [4.78, 5) is -0.320. The molecular formula is C13H19FN2O3S. The highest BCUT2D eigenvalue weighted by atomic mass is 32.2. The molecule has 112 valence electrons. The second kappa shape index (κ2) is 5.31. The largest absolute Gasteiger partial charge is 0.497 e. The average Bonchev–Trinajstić information content (AvgIpc) is 2.82. The van der Waals surface area contributed by atoms with Gasteiger partial charge in [0.05, 0.1) is 7.11 Å². The van der Waals surface area contributed by atoms with Gasteiger partial charge in [-0.3, -0.25) is 0 Å². The van der Waals surface area contributed by atoms with Crippen molar-refractivity contribution in [3.05, 3.63) is 24.0 Å². The summed E-state index contributed by atoms with van der Waals surface area (Å²) in [6.45, 7) is 3.02. The van der Waals surface area contributed by atoms with Gasteiger partial charge < -0.3 is 10.5 Å². The van der Waals surface area contributed by atoms with Gasteiger partial charge in [-0.1, -0.05) is 6.92 Å². The molecule has 20 heavy (non-hydrogen) atoms. The number of nitrogens with zero attached hydrogens (tertiary/aromatic N) is 1. The van der Waals surface area contributed by atoms with E-state index in [9.17, 15) is 12.8 Å². The van der Waals surface area contributed by atoms with Gasteiger partial charge >= 0.3 is 0 Å². The summed E-state index contributed by atoms with van der Waals surface area (Å²) >= 11 is 0. The van der Waals surface area contributed by atoms with Crippen molar-refractivity contribution in [2.45, 2.75) is 18.2 Å². The second-order valence-corrected chi connectivity index (χ2v) is 7.31. The zero-order chi connectivity index (χ0) is 15.0. The van der Waals surface area contributed by atoms with Crippen LogP contribution in [0.1, 0.15) is 13.3 Å². The number of sulfonamides is 1. The predicted octanol–water partition coefficient (Wildman–Crippen LogP) is 1.19. The van der Waals surface area contributed by atoms with Crippen LogP contribution in [0.2, 0.25) is 0 Å².